The highest BCUT2D eigenvalue weighted by molar-refractivity contribution is 9.10. The molecule has 40 heavy (non-hydrogen) atoms. The van der Waals surface area contributed by atoms with Crippen LogP contribution in [0.5, 0.6) is 0 Å². The maximum absolute atomic E-state index is 14.0. The summed E-state index contributed by atoms with van der Waals surface area (Å²) >= 11 is 3.43. The fraction of sp³-hybridized carbons (Fsp3) is 0.355. The van der Waals surface area contributed by atoms with Crippen LogP contribution in [0.4, 0.5) is 5.69 Å². The van der Waals surface area contributed by atoms with Gasteiger partial charge in [-0.3, -0.25) is 13.9 Å². The second-order valence-corrected chi connectivity index (χ2v) is 12.8. The van der Waals surface area contributed by atoms with Gasteiger partial charge in [-0.05, 0) is 66.8 Å². The van der Waals surface area contributed by atoms with Crippen LogP contribution in [0.25, 0.3) is 0 Å². The molecule has 0 aliphatic rings. The molecular formula is C31H38BrN3O4S. The first kappa shape index (κ1) is 31.4. The summed E-state index contributed by atoms with van der Waals surface area (Å²) in [6, 6.07) is 21.9. The van der Waals surface area contributed by atoms with Gasteiger partial charge in [0.1, 0.15) is 12.6 Å². The molecule has 0 saturated heterocycles. The number of hydrogen-bond donors (Lipinski definition) is 1. The maximum Gasteiger partial charge on any atom is 0.264 e. The number of unbranched alkanes of at least 4 members (excludes halogenated alkanes) is 1. The van der Waals surface area contributed by atoms with E-state index in [1.807, 2.05) is 43.3 Å². The van der Waals surface area contributed by atoms with Crippen molar-refractivity contribution in [1.82, 2.24) is 10.2 Å². The predicted octanol–water partition coefficient (Wildman–Crippen LogP) is 6.10. The second-order valence-electron chi connectivity index (χ2n) is 10.0. The summed E-state index contributed by atoms with van der Waals surface area (Å²) in [5.41, 5.74) is 2.26. The Morgan fingerprint density at radius 1 is 0.900 bits per heavy atom. The molecule has 0 aliphatic heterocycles. The molecule has 9 heteroatoms. The van der Waals surface area contributed by atoms with Gasteiger partial charge in [0.15, 0.2) is 0 Å². The minimum Gasteiger partial charge on any atom is -0.354 e. The summed E-state index contributed by atoms with van der Waals surface area (Å²) in [6.45, 7) is 8.03. The molecule has 214 valence electrons. The van der Waals surface area contributed by atoms with E-state index < -0.39 is 28.5 Å². The summed E-state index contributed by atoms with van der Waals surface area (Å²) in [5.74, 6) is -0.491. The number of sulfonamides is 1. The first-order chi connectivity index (χ1) is 19.0. The zero-order valence-corrected chi connectivity index (χ0v) is 25.9. The minimum absolute atomic E-state index is 0.0838. The van der Waals surface area contributed by atoms with Gasteiger partial charge < -0.3 is 10.2 Å². The molecule has 0 aliphatic carbocycles. The number of amides is 2. The van der Waals surface area contributed by atoms with E-state index in [2.05, 4.69) is 35.1 Å². The highest BCUT2D eigenvalue weighted by Gasteiger charge is 2.32. The molecule has 0 aromatic heterocycles. The molecule has 0 bridgehead atoms. The van der Waals surface area contributed by atoms with E-state index in [0.29, 0.717) is 12.2 Å². The monoisotopic (exact) mass is 627 g/mol. The van der Waals surface area contributed by atoms with E-state index in [4.69, 9.17) is 0 Å². The molecule has 1 atom stereocenters. The largest absolute Gasteiger partial charge is 0.354 e. The van der Waals surface area contributed by atoms with Crippen LogP contribution in [0.1, 0.15) is 57.6 Å². The van der Waals surface area contributed by atoms with Crippen LogP contribution in [-0.2, 0) is 26.2 Å². The lowest BCUT2D eigenvalue weighted by Crippen LogP contribution is -2.51. The van der Waals surface area contributed by atoms with Crippen LogP contribution in [0.3, 0.4) is 0 Å². The van der Waals surface area contributed by atoms with Crippen LogP contribution in [-0.4, -0.2) is 44.3 Å². The lowest BCUT2D eigenvalue weighted by atomic mass is 10.0. The summed E-state index contributed by atoms with van der Waals surface area (Å²) in [6.07, 6.45) is 1.76. The maximum atomic E-state index is 14.0. The number of nitrogens with one attached hydrogen (secondary N) is 1. The number of benzene rings is 3. The van der Waals surface area contributed by atoms with Crippen molar-refractivity contribution in [2.45, 2.75) is 63.9 Å². The van der Waals surface area contributed by atoms with Crippen molar-refractivity contribution < 1.29 is 18.0 Å². The Hall–Kier alpha value is -3.17. The number of hydrogen-bond acceptors (Lipinski definition) is 4. The summed E-state index contributed by atoms with van der Waals surface area (Å²) in [5, 5.41) is 2.90. The molecule has 3 rings (SSSR count). The molecule has 3 aromatic rings. The number of carbonyl (C=O) groups is 2. The quantitative estimate of drug-likeness (QED) is 0.232. The Morgan fingerprint density at radius 2 is 1.52 bits per heavy atom. The smallest absolute Gasteiger partial charge is 0.264 e. The zero-order valence-electron chi connectivity index (χ0n) is 23.5. The lowest BCUT2D eigenvalue weighted by Gasteiger charge is -2.32. The number of carbonyl (C=O) groups excluding carboxylic acids is 2. The third kappa shape index (κ3) is 8.17. The molecule has 0 unspecified atom stereocenters. The normalized spacial score (nSPS) is 12.2. The number of anilines is 1. The van der Waals surface area contributed by atoms with Crippen molar-refractivity contribution in [3.8, 4) is 0 Å². The van der Waals surface area contributed by atoms with Crippen LogP contribution in [0.2, 0.25) is 0 Å². The van der Waals surface area contributed by atoms with Crippen molar-refractivity contribution in [3.05, 3.63) is 94.5 Å². The Morgan fingerprint density at radius 3 is 2.10 bits per heavy atom. The first-order valence-electron chi connectivity index (χ1n) is 13.5. The van der Waals surface area contributed by atoms with Crippen LogP contribution >= 0.6 is 15.9 Å². The number of nitrogens with zero attached hydrogens (tertiary/aromatic N) is 2. The fourth-order valence-electron chi connectivity index (χ4n) is 4.18. The van der Waals surface area contributed by atoms with E-state index in [-0.39, 0.29) is 23.3 Å². The number of halogens is 1. The van der Waals surface area contributed by atoms with Crippen LogP contribution < -0.4 is 9.62 Å². The number of rotatable bonds is 13. The van der Waals surface area contributed by atoms with Gasteiger partial charge in [-0.25, -0.2) is 8.42 Å². The van der Waals surface area contributed by atoms with Gasteiger partial charge in [0.2, 0.25) is 11.8 Å². The highest BCUT2D eigenvalue weighted by Crippen LogP contribution is 2.26. The summed E-state index contributed by atoms with van der Waals surface area (Å²) in [7, 11) is -4.08. The van der Waals surface area contributed by atoms with Crippen molar-refractivity contribution in [2.75, 3.05) is 17.4 Å². The van der Waals surface area contributed by atoms with E-state index in [1.165, 1.54) is 17.0 Å². The van der Waals surface area contributed by atoms with E-state index >= 15 is 0 Å². The molecule has 0 saturated carbocycles. The molecule has 3 aromatic carbocycles. The molecule has 0 fully saturated rings. The Labute approximate surface area is 246 Å². The topological polar surface area (TPSA) is 86.8 Å². The fourth-order valence-corrected chi connectivity index (χ4v) is 5.88. The van der Waals surface area contributed by atoms with Gasteiger partial charge in [-0.1, -0.05) is 85.6 Å². The van der Waals surface area contributed by atoms with Crippen molar-refractivity contribution in [3.63, 3.8) is 0 Å². The van der Waals surface area contributed by atoms with Crippen molar-refractivity contribution in [1.29, 1.82) is 0 Å². The predicted molar refractivity (Wildman–Crippen MR) is 164 cm³/mol. The minimum atomic E-state index is -4.08. The molecule has 0 spiro atoms. The highest BCUT2D eigenvalue weighted by atomic mass is 79.9. The van der Waals surface area contributed by atoms with E-state index in [9.17, 15) is 18.0 Å². The first-order valence-corrected chi connectivity index (χ1v) is 15.8. The molecular weight excluding hydrogens is 590 g/mol. The van der Waals surface area contributed by atoms with Gasteiger partial charge in [0.05, 0.1) is 10.6 Å². The Kier molecular flexibility index (Phi) is 11.3. The third-order valence-electron chi connectivity index (χ3n) is 6.72. The summed E-state index contributed by atoms with van der Waals surface area (Å²) < 4.78 is 29.7. The van der Waals surface area contributed by atoms with Crippen LogP contribution in [0, 0.1) is 0 Å². The molecule has 1 N–H and O–H groups in total. The molecule has 0 radical (unpaired) electrons. The van der Waals surface area contributed by atoms with Crippen LogP contribution in [0.15, 0.2) is 88.2 Å². The van der Waals surface area contributed by atoms with Gasteiger partial charge in [-0.2, -0.15) is 0 Å². The average Bonchev–Trinajstić information content (AvgIpc) is 2.95. The van der Waals surface area contributed by atoms with Crippen molar-refractivity contribution >= 4 is 43.5 Å². The Bertz CT molecular complexity index is 1360. The molecule has 7 nitrogen and oxygen atoms in total. The SMILES string of the molecule is CCCCNC(=O)[C@@H](C)N(Cc1ccc(Br)cc1)C(=O)CN(c1ccc(C(C)C)cc1)S(=O)(=O)c1ccccc1. The Balaban J connectivity index is 1.99. The molecule has 2 amide bonds. The summed E-state index contributed by atoms with van der Waals surface area (Å²) in [4.78, 5) is 28.5. The van der Waals surface area contributed by atoms with E-state index in [1.54, 1.807) is 37.3 Å². The third-order valence-corrected chi connectivity index (χ3v) is 9.04. The molecule has 0 heterocycles. The standard InChI is InChI=1S/C31H38BrN3O4S/c1-5-6-20-33-31(37)24(4)34(21-25-12-16-27(32)17-13-25)30(36)22-35(28-18-14-26(15-19-28)23(2)3)40(38,39)29-10-8-7-9-11-29/h7-19,23-24H,5-6,20-22H2,1-4H3,(H,33,37)/t24-/m1/s1. The van der Waals surface area contributed by atoms with Crippen molar-refractivity contribution in [2.24, 2.45) is 0 Å². The van der Waals surface area contributed by atoms with Gasteiger partial charge >= 0.3 is 0 Å². The second kappa shape index (κ2) is 14.5. The zero-order chi connectivity index (χ0) is 29.3. The van der Waals surface area contributed by atoms with Gasteiger partial charge in [-0.15, -0.1) is 0 Å². The van der Waals surface area contributed by atoms with Gasteiger partial charge in [0.25, 0.3) is 10.0 Å². The van der Waals surface area contributed by atoms with Gasteiger partial charge in [0, 0.05) is 17.6 Å². The average molecular weight is 629 g/mol. The lowest BCUT2D eigenvalue weighted by molar-refractivity contribution is -0.139. The van der Waals surface area contributed by atoms with E-state index in [0.717, 1.165) is 32.7 Å².